The van der Waals surface area contributed by atoms with Crippen molar-refractivity contribution >= 4 is 38.9 Å². The van der Waals surface area contributed by atoms with Crippen LogP contribution < -0.4 is 0 Å². The molecule has 1 aromatic heterocycles. The Labute approximate surface area is 158 Å². The van der Waals surface area contributed by atoms with Crippen LogP contribution in [0.1, 0.15) is 32.3 Å². The van der Waals surface area contributed by atoms with Crippen LogP contribution in [0.25, 0.3) is 21.7 Å². The van der Waals surface area contributed by atoms with Gasteiger partial charge in [-0.2, -0.15) is 0 Å². The number of carbonyl (C=O) groups is 2. The first-order valence-corrected chi connectivity index (χ1v) is 8.70. The van der Waals surface area contributed by atoms with E-state index in [-0.39, 0.29) is 17.3 Å². The molecule has 4 aromatic rings. The molecule has 0 fully saturated rings. The number of hydrogen-bond donors (Lipinski definition) is 0. The first kappa shape index (κ1) is 16.3. The predicted molar refractivity (Wildman–Crippen MR) is 104 cm³/mol. The van der Waals surface area contributed by atoms with Crippen LogP contribution >= 0.6 is 0 Å². The van der Waals surface area contributed by atoms with Gasteiger partial charge in [0.2, 0.25) is 0 Å². The minimum absolute atomic E-state index is 0.122. The Kier molecular flexibility index (Phi) is 3.36. The van der Waals surface area contributed by atoms with Gasteiger partial charge >= 0.3 is 0 Å². The summed E-state index contributed by atoms with van der Waals surface area (Å²) < 4.78 is 0. The molecule has 6 nitrogen and oxygen atoms in total. The van der Waals surface area contributed by atoms with Crippen molar-refractivity contribution in [1.29, 1.82) is 0 Å². The molecule has 0 saturated heterocycles. The van der Waals surface area contributed by atoms with Crippen LogP contribution in [0.15, 0.2) is 66.7 Å². The fourth-order valence-corrected chi connectivity index (χ4v) is 3.90. The maximum absolute atomic E-state index is 13.2. The van der Waals surface area contributed by atoms with E-state index >= 15 is 0 Å². The molecular weight excluding hydrogens is 356 g/mol. The second-order valence-electron chi connectivity index (χ2n) is 6.71. The monoisotopic (exact) mass is 368 g/mol. The van der Waals surface area contributed by atoms with Crippen LogP contribution in [0.3, 0.4) is 0 Å². The molecule has 134 valence electrons. The summed E-state index contributed by atoms with van der Waals surface area (Å²) in [5.74, 6) is -1.82. The highest BCUT2D eigenvalue weighted by molar-refractivity contribution is 6.32. The van der Waals surface area contributed by atoms with E-state index in [4.69, 9.17) is 0 Å². The van der Waals surface area contributed by atoms with E-state index in [2.05, 4.69) is 4.98 Å². The van der Waals surface area contributed by atoms with Gasteiger partial charge in [-0.05, 0) is 24.3 Å². The molecule has 0 N–H and O–H groups in total. The Hall–Kier alpha value is -3.93. The van der Waals surface area contributed by atoms with Crippen molar-refractivity contribution in [2.24, 2.45) is 0 Å². The Morgan fingerprint density at radius 3 is 2.36 bits per heavy atom. The van der Waals surface area contributed by atoms with E-state index in [1.54, 1.807) is 24.3 Å². The molecular formula is C22H12N2O4. The maximum Gasteiger partial charge on any atom is 0.277 e. The van der Waals surface area contributed by atoms with Gasteiger partial charge in [-0.25, -0.2) is 0 Å². The number of para-hydroxylation sites is 1. The lowest BCUT2D eigenvalue weighted by Crippen LogP contribution is -2.28. The standard InChI is InChI=1S/C22H12N2O4/c25-21-14-6-3-5-13-18(24(27)28)11-9-15(19(13)14)22(26)20(21)17-10-8-12-4-1-2-7-16(12)23-17/h1-11,20H/t20-/m1/s1. The summed E-state index contributed by atoms with van der Waals surface area (Å²) in [6.07, 6.45) is 0. The largest absolute Gasteiger partial charge is 0.293 e. The molecule has 0 radical (unpaired) electrons. The number of hydrogen-bond acceptors (Lipinski definition) is 5. The third kappa shape index (κ3) is 2.18. The van der Waals surface area contributed by atoms with E-state index in [9.17, 15) is 19.7 Å². The van der Waals surface area contributed by atoms with Crippen LogP contribution in [0.5, 0.6) is 0 Å². The lowest BCUT2D eigenvalue weighted by molar-refractivity contribution is -0.383. The number of Topliss-reactive ketones (excluding diaryl/α,β-unsaturated/α-hetero) is 2. The average molecular weight is 368 g/mol. The molecule has 0 amide bonds. The molecule has 1 aliphatic rings. The van der Waals surface area contributed by atoms with Crippen LogP contribution in [-0.4, -0.2) is 21.5 Å². The van der Waals surface area contributed by atoms with Gasteiger partial charge in [-0.15, -0.1) is 0 Å². The van der Waals surface area contributed by atoms with Crippen molar-refractivity contribution in [3.8, 4) is 0 Å². The summed E-state index contributed by atoms with van der Waals surface area (Å²) in [6, 6.07) is 18.5. The van der Waals surface area contributed by atoms with Gasteiger partial charge in [0.25, 0.3) is 5.69 Å². The van der Waals surface area contributed by atoms with Crippen molar-refractivity contribution in [2.45, 2.75) is 5.92 Å². The molecule has 0 unspecified atom stereocenters. The summed E-state index contributed by atoms with van der Waals surface area (Å²) in [4.78, 5) is 41.8. The van der Waals surface area contributed by atoms with Gasteiger partial charge in [-0.1, -0.05) is 36.4 Å². The normalized spacial score (nSPS) is 15.9. The Balaban J connectivity index is 1.75. The number of nitrogens with zero attached hydrogens (tertiary/aromatic N) is 2. The molecule has 0 saturated carbocycles. The van der Waals surface area contributed by atoms with Crippen molar-refractivity contribution in [3.63, 3.8) is 0 Å². The first-order valence-electron chi connectivity index (χ1n) is 8.70. The average Bonchev–Trinajstić information content (AvgIpc) is 2.71. The molecule has 0 bridgehead atoms. The van der Waals surface area contributed by atoms with Gasteiger partial charge in [0, 0.05) is 28.0 Å². The number of benzene rings is 3. The SMILES string of the molecule is O=C1c2cccc3c([N+](=O)[O-])ccc(c23)C(=O)[C@@H]1c1ccc2ccccc2n1. The lowest BCUT2D eigenvalue weighted by atomic mass is 9.78. The second kappa shape index (κ2) is 5.79. The fourth-order valence-electron chi connectivity index (χ4n) is 3.90. The zero-order valence-electron chi connectivity index (χ0n) is 14.5. The third-order valence-electron chi connectivity index (χ3n) is 5.19. The van der Waals surface area contributed by atoms with Crippen molar-refractivity contribution < 1.29 is 14.5 Å². The summed E-state index contributed by atoms with van der Waals surface area (Å²) in [5.41, 5.74) is 1.60. The molecule has 0 spiro atoms. The number of carbonyl (C=O) groups excluding carboxylic acids is 2. The van der Waals surface area contributed by atoms with E-state index in [1.165, 1.54) is 12.1 Å². The number of nitro groups is 1. The summed E-state index contributed by atoms with van der Waals surface area (Å²) in [7, 11) is 0. The molecule has 1 aliphatic carbocycles. The lowest BCUT2D eigenvalue weighted by Gasteiger charge is -2.22. The fraction of sp³-hybridized carbons (Fsp3) is 0.0455. The van der Waals surface area contributed by atoms with Crippen molar-refractivity contribution in [3.05, 3.63) is 93.7 Å². The molecule has 6 heteroatoms. The van der Waals surface area contributed by atoms with E-state index < -0.39 is 10.8 Å². The third-order valence-corrected chi connectivity index (χ3v) is 5.19. The Morgan fingerprint density at radius 1 is 0.821 bits per heavy atom. The highest BCUT2D eigenvalue weighted by atomic mass is 16.6. The van der Waals surface area contributed by atoms with E-state index in [1.807, 2.05) is 30.3 Å². The summed E-state index contributed by atoms with van der Waals surface area (Å²) in [5, 5.41) is 12.9. The minimum Gasteiger partial charge on any atom is -0.293 e. The molecule has 0 aliphatic heterocycles. The van der Waals surface area contributed by atoms with Gasteiger partial charge < -0.3 is 0 Å². The minimum atomic E-state index is -1.05. The first-order chi connectivity index (χ1) is 13.6. The van der Waals surface area contributed by atoms with Crippen LogP contribution in [0.4, 0.5) is 5.69 Å². The summed E-state index contributed by atoms with van der Waals surface area (Å²) >= 11 is 0. The second-order valence-corrected chi connectivity index (χ2v) is 6.71. The molecule has 1 atom stereocenters. The summed E-state index contributed by atoms with van der Waals surface area (Å²) in [6.45, 7) is 0. The number of nitro benzene ring substituents is 1. The molecule has 5 rings (SSSR count). The van der Waals surface area contributed by atoms with Gasteiger partial charge in [-0.3, -0.25) is 24.7 Å². The predicted octanol–water partition coefficient (Wildman–Crippen LogP) is 4.46. The quantitative estimate of drug-likeness (QED) is 0.296. The molecule has 3 aromatic carbocycles. The number of aromatic nitrogens is 1. The van der Waals surface area contributed by atoms with Gasteiger partial charge in [0.1, 0.15) is 5.92 Å². The number of ketones is 2. The van der Waals surface area contributed by atoms with Crippen LogP contribution in [0.2, 0.25) is 0 Å². The topological polar surface area (TPSA) is 90.2 Å². The smallest absolute Gasteiger partial charge is 0.277 e. The van der Waals surface area contributed by atoms with Crippen LogP contribution in [-0.2, 0) is 0 Å². The van der Waals surface area contributed by atoms with Crippen molar-refractivity contribution in [2.75, 3.05) is 0 Å². The molecule has 1 heterocycles. The van der Waals surface area contributed by atoms with Crippen LogP contribution in [0, 0.1) is 10.1 Å². The van der Waals surface area contributed by atoms with E-state index in [0.29, 0.717) is 33.1 Å². The number of rotatable bonds is 2. The zero-order chi connectivity index (χ0) is 19.4. The highest BCUT2D eigenvalue weighted by Crippen LogP contribution is 2.39. The number of non-ortho nitro benzene ring substituents is 1. The van der Waals surface area contributed by atoms with E-state index in [0.717, 1.165) is 5.39 Å². The molecule has 28 heavy (non-hydrogen) atoms. The van der Waals surface area contributed by atoms with Gasteiger partial charge in [0.15, 0.2) is 11.6 Å². The van der Waals surface area contributed by atoms with Gasteiger partial charge in [0.05, 0.1) is 21.5 Å². The maximum atomic E-state index is 13.2. The highest BCUT2D eigenvalue weighted by Gasteiger charge is 2.39. The number of fused-ring (bicyclic) bond motifs is 1. The Bertz CT molecular complexity index is 1320. The zero-order valence-corrected chi connectivity index (χ0v) is 14.5. The van der Waals surface area contributed by atoms with Crippen molar-refractivity contribution in [1.82, 2.24) is 4.98 Å². The Morgan fingerprint density at radius 2 is 1.57 bits per heavy atom. The number of pyridine rings is 1.